The number of hydrogen-bond acceptors (Lipinski definition) is 9. The van der Waals surface area contributed by atoms with Crippen molar-refractivity contribution in [2.24, 2.45) is 0 Å². The van der Waals surface area contributed by atoms with E-state index >= 15 is 0 Å². The number of amides is 3. The SMILES string of the molecule is Nc1ccccc1NC(=O)CCCC(=O)NCc1ccc([C@H]2O[C@@H](CN3CCC4(CC3)C(=O)NCN4c3ccccc3)C[C@@H](c3ccc(CO)cc3)O2)cc1. The lowest BCUT2D eigenvalue weighted by Gasteiger charge is -2.45. The highest BCUT2D eigenvalue weighted by Crippen LogP contribution is 2.40. The molecular weight excluding hydrogens is 697 g/mol. The van der Waals surface area contributed by atoms with Crippen molar-refractivity contribution in [2.75, 3.05) is 42.3 Å². The number of piperidine rings is 1. The van der Waals surface area contributed by atoms with Crippen molar-refractivity contribution in [2.45, 2.75) is 75.7 Å². The lowest BCUT2D eigenvalue weighted by atomic mass is 9.85. The third kappa shape index (κ3) is 9.17. The molecule has 0 saturated carbocycles. The molecule has 1 spiro atoms. The van der Waals surface area contributed by atoms with Crippen LogP contribution in [0.1, 0.15) is 73.2 Å². The molecule has 0 aromatic heterocycles. The van der Waals surface area contributed by atoms with Gasteiger partial charge in [0.2, 0.25) is 17.7 Å². The fourth-order valence-corrected chi connectivity index (χ4v) is 7.77. The van der Waals surface area contributed by atoms with E-state index < -0.39 is 11.8 Å². The highest BCUT2D eigenvalue weighted by atomic mass is 16.7. The van der Waals surface area contributed by atoms with Crippen LogP contribution in [-0.2, 0) is 37.0 Å². The van der Waals surface area contributed by atoms with E-state index in [9.17, 15) is 19.5 Å². The summed E-state index contributed by atoms with van der Waals surface area (Å²) >= 11 is 0. The Morgan fingerprint density at radius 2 is 1.51 bits per heavy atom. The molecule has 12 nitrogen and oxygen atoms in total. The van der Waals surface area contributed by atoms with Crippen molar-refractivity contribution < 1.29 is 29.0 Å². The van der Waals surface area contributed by atoms with Crippen LogP contribution in [0.2, 0.25) is 0 Å². The van der Waals surface area contributed by atoms with Gasteiger partial charge in [0.15, 0.2) is 6.29 Å². The number of ether oxygens (including phenoxy) is 2. The molecule has 12 heteroatoms. The molecular formula is C43H50N6O6. The number of carbonyl (C=O) groups is 3. The summed E-state index contributed by atoms with van der Waals surface area (Å²) in [6.45, 7) is 3.10. The van der Waals surface area contributed by atoms with Gasteiger partial charge in [-0.1, -0.05) is 78.9 Å². The number of nitrogens with two attached hydrogens (primary N) is 1. The molecule has 55 heavy (non-hydrogen) atoms. The number of para-hydroxylation sites is 3. The van der Waals surface area contributed by atoms with Gasteiger partial charge >= 0.3 is 0 Å². The van der Waals surface area contributed by atoms with E-state index in [-0.39, 0.29) is 49.4 Å². The van der Waals surface area contributed by atoms with Gasteiger partial charge < -0.3 is 46.1 Å². The standard InChI is InChI=1S/C43H50N6O6/c44-36-9-4-5-10-37(36)47-40(52)12-6-11-39(51)45-26-30-13-19-33(20-14-30)41-54-35(25-38(55-41)32-17-15-31(28-50)16-18-32)27-48-23-21-43(22-24-48)42(53)46-29-49(43)34-7-2-1-3-8-34/h1-5,7-10,13-20,35,38,41,50H,6,11-12,21-29,44H2,(H,45,51)(H,46,53)(H,47,52)/t35-,38+,41+/m1/s1. The first kappa shape index (κ1) is 38.0. The highest BCUT2D eigenvalue weighted by molar-refractivity contribution is 5.94. The molecule has 7 rings (SSSR count). The molecule has 0 radical (unpaired) electrons. The molecule has 3 atom stereocenters. The highest BCUT2D eigenvalue weighted by Gasteiger charge is 2.50. The van der Waals surface area contributed by atoms with Crippen LogP contribution in [0.5, 0.6) is 0 Å². The fourth-order valence-electron chi connectivity index (χ4n) is 7.77. The van der Waals surface area contributed by atoms with Crippen LogP contribution in [0.4, 0.5) is 17.1 Å². The quantitative estimate of drug-likeness (QED) is 0.117. The van der Waals surface area contributed by atoms with Gasteiger partial charge in [-0.25, -0.2) is 0 Å². The topological polar surface area (TPSA) is 158 Å². The first-order valence-corrected chi connectivity index (χ1v) is 19.1. The maximum absolute atomic E-state index is 13.2. The molecule has 3 amide bonds. The van der Waals surface area contributed by atoms with Gasteiger partial charge in [-0.15, -0.1) is 0 Å². The Kier molecular flexibility index (Phi) is 12.1. The molecule has 3 fully saturated rings. The van der Waals surface area contributed by atoms with E-state index in [1.54, 1.807) is 24.3 Å². The number of anilines is 3. The van der Waals surface area contributed by atoms with Crippen molar-refractivity contribution in [1.29, 1.82) is 0 Å². The van der Waals surface area contributed by atoms with E-state index in [1.807, 2.05) is 66.7 Å². The van der Waals surface area contributed by atoms with E-state index in [1.165, 1.54) is 0 Å². The van der Waals surface area contributed by atoms with Crippen molar-refractivity contribution in [1.82, 2.24) is 15.5 Å². The van der Waals surface area contributed by atoms with Crippen LogP contribution in [-0.4, -0.2) is 65.7 Å². The Balaban J connectivity index is 0.942. The lowest BCUT2D eigenvalue weighted by Crippen LogP contribution is -2.57. The summed E-state index contributed by atoms with van der Waals surface area (Å²) < 4.78 is 13.2. The van der Waals surface area contributed by atoms with E-state index in [0.29, 0.717) is 44.0 Å². The summed E-state index contributed by atoms with van der Waals surface area (Å²) in [6, 6.07) is 33.0. The van der Waals surface area contributed by atoms with E-state index in [0.717, 1.165) is 53.9 Å². The van der Waals surface area contributed by atoms with Crippen LogP contribution in [0, 0.1) is 0 Å². The Bertz CT molecular complexity index is 1920. The second kappa shape index (κ2) is 17.5. The number of nitrogen functional groups attached to an aromatic ring is 1. The first-order chi connectivity index (χ1) is 26.8. The minimum absolute atomic E-state index is 0.0228. The second-order valence-corrected chi connectivity index (χ2v) is 14.6. The van der Waals surface area contributed by atoms with Gasteiger partial charge in [0.25, 0.3) is 0 Å². The third-order valence-electron chi connectivity index (χ3n) is 10.9. The number of benzene rings is 4. The molecule has 3 heterocycles. The Labute approximate surface area is 322 Å². The second-order valence-electron chi connectivity index (χ2n) is 14.6. The number of aliphatic hydroxyl groups is 1. The summed E-state index contributed by atoms with van der Waals surface area (Å²) in [5.74, 6) is -0.210. The molecule has 3 aliphatic rings. The Morgan fingerprint density at radius 3 is 2.24 bits per heavy atom. The minimum Gasteiger partial charge on any atom is -0.397 e. The lowest BCUT2D eigenvalue weighted by molar-refractivity contribution is -0.253. The van der Waals surface area contributed by atoms with E-state index in [2.05, 4.69) is 37.9 Å². The van der Waals surface area contributed by atoms with Crippen molar-refractivity contribution >= 4 is 34.8 Å². The largest absolute Gasteiger partial charge is 0.397 e. The van der Waals surface area contributed by atoms with Crippen molar-refractivity contribution in [3.05, 3.63) is 125 Å². The minimum atomic E-state index is -0.604. The predicted octanol–water partition coefficient (Wildman–Crippen LogP) is 5.16. The van der Waals surface area contributed by atoms with Crippen LogP contribution in [0.25, 0.3) is 0 Å². The monoisotopic (exact) mass is 746 g/mol. The first-order valence-electron chi connectivity index (χ1n) is 19.1. The molecule has 0 bridgehead atoms. The summed E-state index contributed by atoms with van der Waals surface area (Å²) in [4.78, 5) is 42.7. The number of carbonyl (C=O) groups excluding carboxylic acids is 3. The number of hydrogen-bond donors (Lipinski definition) is 5. The van der Waals surface area contributed by atoms with Gasteiger partial charge in [-0.05, 0) is 60.2 Å². The van der Waals surface area contributed by atoms with Crippen LogP contribution in [0.3, 0.4) is 0 Å². The number of nitrogens with zero attached hydrogens (tertiary/aromatic N) is 2. The van der Waals surface area contributed by atoms with E-state index in [4.69, 9.17) is 15.2 Å². The van der Waals surface area contributed by atoms with Crippen LogP contribution in [0.15, 0.2) is 103 Å². The third-order valence-corrected chi connectivity index (χ3v) is 10.9. The van der Waals surface area contributed by atoms with Gasteiger partial charge in [-0.2, -0.15) is 0 Å². The van der Waals surface area contributed by atoms with Gasteiger partial charge in [0, 0.05) is 56.7 Å². The molecule has 0 aliphatic carbocycles. The van der Waals surface area contributed by atoms with Crippen LogP contribution < -0.4 is 26.6 Å². The van der Waals surface area contributed by atoms with Crippen LogP contribution >= 0.6 is 0 Å². The molecule has 4 aromatic carbocycles. The molecule has 4 aromatic rings. The summed E-state index contributed by atoms with van der Waals surface area (Å²) in [5.41, 5.74) is 11.1. The number of nitrogens with one attached hydrogen (secondary N) is 3. The average molecular weight is 747 g/mol. The van der Waals surface area contributed by atoms with Gasteiger partial charge in [0.1, 0.15) is 5.54 Å². The average Bonchev–Trinajstić information content (AvgIpc) is 3.53. The molecule has 6 N–H and O–H groups in total. The molecule has 0 unspecified atom stereocenters. The fraction of sp³-hybridized carbons (Fsp3) is 0.372. The van der Waals surface area contributed by atoms with Gasteiger partial charge in [-0.3, -0.25) is 14.4 Å². The number of aliphatic hydroxyl groups excluding tert-OH is 1. The zero-order valence-corrected chi connectivity index (χ0v) is 31.0. The molecule has 3 saturated heterocycles. The molecule has 288 valence electrons. The van der Waals surface area contributed by atoms with Crippen molar-refractivity contribution in [3.8, 4) is 0 Å². The van der Waals surface area contributed by atoms with Crippen molar-refractivity contribution in [3.63, 3.8) is 0 Å². The number of likely N-dealkylation sites (tertiary alicyclic amines) is 1. The summed E-state index contributed by atoms with van der Waals surface area (Å²) in [6.07, 6.45) is 2.05. The number of rotatable bonds is 13. The Morgan fingerprint density at radius 1 is 0.836 bits per heavy atom. The normalized spacial score (nSPS) is 20.9. The smallest absolute Gasteiger partial charge is 0.247 e. The summed E-state index contributed by atoms with van der Waals surface area (Å²) in [5, 5.41) is 18.4. The Hall–Kier alpha value is -5.27. The zero-order valence-electron chi connectivity index (χ0n) is 31.0. The van der Waals surface area contributed by atoms with Gasteiger partial charge in [0.05, 0.1) is 36.9 Å². The molecule has 3 aliphatic heterocycles. The predicted molar refractivity (Wildman–Crippen MR) is 210 cm³/mol. The maximum Gasteiger partial charge on any atom is 0.247 e. The zero-order chi connectivity index (χ0) is 38.2. The summed E-state index contributed by atoms with van der Waals surface area (Å²) in [7, 11) is 0. The maximum atomic E-state index is 13.2.